The Balaban J connectivity index is 1.20. The Kier molecular flexibility index (Phi) is 8.42. The highest BCUT2D eigenvalue weighted by Crippen LogP contribution is 2.39. The smallest absolute Gasteiger partial charge is 0.410 e. The van der Waals surface area contributed by atoms with E-state index in [1.54, 1.807) is 4.68 Å². The summed E-state index contributed by atoms with van der Waals surface area (Å²) in [5, 5.41) is 23.2. The molecule has 2 fully saturated rings. The van der Waals surface area contributed by atoms with E-state index in [9.17, 15) is 4.79 Å². The molecule has 6 rings (SSSR count). The van der Waals surface area contributed by atoms with Crippen molar-refractivity contribution in [2.45, 2.75) is 103 Å². The summed E-state index contributed by atoms with van der Waals surface area (Å²) in [5.41, 5.74) is 3.71. The van der Waals surface area contributed by atoms with Gasteiger partial charge in [-0.15, -0.1) is 15.3 Å². The number of benzene rings is 1. The maximum atomic E-state index is 12.8. The monoisotopic (exact) mass is 632 g/mol. The molecule has 2 saturated heterocycles. The van der Waals surface area contributed by atoms with Gasteiger partial charge in [0.05, 0.1) is 23.6 Å². The van der Waals surface area contributed by atoms with Gasteiger partial charge in [0.25, 0.3) is 0 Å². The Morgan fingerprint density at radius 2 is 1.71 bits per heavy atom. The van der Waals surface area contributed by atoms with Crippen LogP contribution in [0.5, 0.6) is 5.88 Å². The fourth-order valence-corrected chi connectivity index (χ4v) is 7.02. The van der Waals surface area contributed by atoms with Crippen molar-refractivity contribution in [2.24, 2.45) is 7.05 Å². The van der Waals surface area contributed by atoms with E-state index in [2.05, 4.69) is 40.2 Å². The first-order chi connectivity index (χ1) is 21.3. The normalized spacial score (nSPS) is 20.2. The van der Waals surface area contributed by atoms with Crippen molar-refractivity contribution in [3.63, 3.8) is 0 Å². The van der Waals surface area contributed by atoms with Crippen LogP contribution >= 0.6 is 0 Å². The average Bonchev–Trinajstić information content (AvgIpc) is 3.66. The first-order valence-electron chi connectivity index (χ1n) is 15.8. The molecule has 0 N–H and O–H groups in total. The lowest BCUT2D eigenvalue weighted by atomic mass is 10.00. The highest BCUT2D eigenvalue weighted by molar-refractivity contribution is 6.76. The first kappa shape index (κ1) is 31.2. The van der Waals surface area contributed by atoms with Gasteiger partial charge in [0.1, 0.15) is 24.1 Å². The minimum Gasteiger partial charge on any atom is -0.473 e. The third kappa shape index (κ3) is 7.04. The van der Waals surface area contributed by atoms with Gasteiger partial charge < -0.3 is 19.1 Å². The molecule has 4 aromatic rings. The quantitative estimate of drug-likeness (QED) is 0.164. The van der Waals surface area contributed by atoms with Gasteiger partial charge in [-0.3, -0.25) is 4.68 Å². The predicted octanol–water partition coefficient (Wildman–Crippen LogP) is 5.91. The van der Waals surface area contributed by atoms with E-state index in [0.717, 1.165) is 59.5 Å². The molecule has 12 nitrogen and oxygen atoms in total. The van der Waals surface area contributed by atoms with Gasteiger partial charge in [-0.2, -0.15) is 5.10 Å². The first-order valence-corrected chi connectivity index (χ1v) is 19.5. The number of aromatic nitrogens is 7. The molecule has 45 heavy (non-hydrogen) atoms. The fraction of sp³-hybridized carbons (Fsp3) is 0.562. The Morgan fingerprint density at radius 1 is 0.978 bits per heavy atom. The summed E-state index contributed by atoms with van der Waals surface area (Å²) in [6.45, 7) is 13.8. The van der Waals surface area contributed by atoms with Crippen molar-refractivity contribution in [3.8, 4) is 28.4 Å². The Morgan fingerprint density at radius 3 is 2.33 bits per heavy atom. The number of rotatable bonds is 9. The van der Waals surface area contributed by atoms with Gasteiger partial charge in [0, 0.05) is 69.2 Å². The highest BCUT2D eigenvalue weighted by Gasteiger charge is 2.45. The molecule has 0 saturated carbocycles. The molecule has 0 spiro atoms. The maximum absolute atomic E-state index is 12.8. The van der Waals surface area contributed by atoms with Crippen LogP contribution in [0.4, 0.5) is 4.79 Å². The average molecular weight is 633 g/mol. The second-order valence-corrected chi connectivity index (χ2v) is 20.1. The van der Waals surface area contributed by atoms with Crippen LogP contribution in [0.15, 0.2) is 36.7 Å². The summed E-state index contributed by atoms with van der Waals surface area (Å²) >= 11 is 0. The minimum atomic E-state index is -1.22. The van der Waals surface area contributed by atoms with Gasteiger partial charge in [-0.25, -0.2) is 9.48 Å². The Hall–Kier alpha value is -3.84. The number of carbonyl (C=O) groups excluding carboxylic acids is 1. The van der Waals surface area contributed by atoms with Crippen molar-refractivity contribution in [1.29, 1.82) is 0 Å². The van der Waals surface area contributed by atoms with E-state index in [1.165, 1.54) is 0 Å². The molecule has 3 aromatic heterocycles. The number of piperidine rings is 1. The molecule has 1 aromatic carbocycles. The van der Waals surface area contributed by atoms with Crippen LogP contribution in [-0.2, 0) is 23.3 Å². The molecule has 2 bridgehead atoms. The van der Waals surface area contributed by atoms with E-state index in [0.29, 0.717) is 24.9 Å². The second kappa shape index (κ2) is 12.2. The second-order valence-electron chi connectivity index (χ2n) is 14.4. The van der Waals surface area contributed by atoms with Crippen LogP contribution in [-0.4, -0.2) is 84.4 Å². The zero-order chi connectivity index (χ0) is 31.9. The summed E-state index contributed by atoms with van der Waals surface area (Å²) in [6, 6.07) is 9.18. The number of amides is 1. The summed E-state index contributed by atoms with van der Waals surface area (Å²) in [7, 11) is 0.637. The van der Waals surface area contributed by atoms with Gasteiger partial charge in [0.2, 0.25) is 5.88 Å². The standard InChI is InChI=1S/C32H44N8O4Si/c1-32(2,3)44-31(41)40-21-8-9-22(40)17-23(16-21)43-29-13-12-27(34-36-29)25-11-10-24(28-19-38(4)37-35-28)26-18-33-39(30(25)26)20-42-14-15-45(5,6)7/h10-13,18-19,21-23H,8-9,14-17,20H2,1-7H3/t21-,22+,23?. The van der Waals surface area contributed by atoms with E-state index in [1.807, 2.05) is 74.1 Å². The largest absolute Gasteiger partial charge is 0.473 e. The minimum absolute atomic E-state index is 0.0333. The van der Waals surface area contributed by atoms with Crippen molar-refractivity contribution in [2.75, 3.05) is 6.61 Å². The molecule has 3 atom stereocenters. The third-order valence-corrected chi connectivity index (χ3v) is 10.1. The van der Waals surface area contributed by atoms with E-state index in [-0.39, 0.29) is 24.3 Å². The van der Waals surface area contributed by atoms with Gasteiger partial charge in [-0.05, 0) is 51.8 Å². The number of carbonyl (C=O) groups is 1. The molecule has 0 aliphatic carbocycles. The summed E-state index contributed by atoms with van der Waals surface area (Å²) in [4.78, 5) is 14.8. The van der Waals surface area contributed by atoms with Crippen molar-refractivity contribution >= 4 is 25.1 Å². The summed E-state index contributed by atoms with van der Waals surface area (Å²) in [5.74, 6) is 0.476. The number of nitrogens with zero attached hydrogens (tertiary/aromatic N) is 8. The molecular formula is C32H44N8O4Si. The van der Waals surface area contributed by atoms with Gasteiger partial charge in [0.15, 0.2) is 0 Å². The van der Waals surface area contributed by atoms with E-state index >= 15 is 0 Å². The molecule has 2 aliphatic rings. The van der Waals surface area contributed by atoms with Crippen molar-refractivity contribution < 1.29 is 19.0 Å². The summed E-state index contributed by atoms with van der Waals surface area (Å²) in [6.07, 6.45) is 6.92. The van der Waals surface area contributed by atoms with Crippen LogP contribution < -0.4 is 4.74 Å². The number of hydrogen-bond donors (Lipinski definition) is 0. The molecule has 1 amide bonds. The van der Waals surface area contributed by atoms with Crippen molar-refractivity contribution in [3.05, 3.63) is 36.7 Å². The lowest BCUT2D eigenvalue weighted by Crippen LogP contribution is -2.50. The third-order valence-electron chi connectivity index (χ3n) is 8.39. The van der Waals surface area contributed by atoms with Crippen LogP contribution in [0.3, 0.4) is 0 Å². The van der Waals surface area contributed by atoms with Crippen molar-refractivity contribution in [1.82, 2.24) is 39.9 Å². The molecule has 2 aliphatic heterocycles. The van der Waals surface area contributed by atoms with Crippen LogP contribution in [0.1, 0.15) is 46.5 Å². The molecule has 5 heterocycles. The molecule has 13 heteroatoms. The molecule has 0 radical (unpaired) electrons. The topological polar surface area (TPSA) is 122 Å². The Labute approximate surface area is 265 Å². The number of aryl methyl sites for hydroxylation is 1. The Bertz CT molecular complexity index is 1640. The predicted molar refractivity (Wildman–Crippen MR) is 173 cm³/mol. The highest BCUT2D eigenvalue weighted by atomic mass is 28.3. The lowest BCUT2D eigenvalue weighted by Gasteiger charge is -2.39. The summed E-state index contributed by atoms with van der Waals surface area (Å²) < 4.78 is 21.7. The van der Waals surface area contributed by atoms with E-state index in [4.69, 9.17) is 19.3 Å². The van der Waals surface area contributed by atoms with Gasteiger partial charge in [-0.1, -0.05) is 30.9 Å². The lowest BCUT2D eigenvalue weighted by molar-refractivity contribution is -0.00771. The maximum Gasteiger partial charge on any atom is 0.410 e. The fourth-order valence-electron chi connectivity index (χ4n) is 6.26. The number of hydrogen-bond acceptors (Lipinski definition) is 9. The van der Waals surface area contributed by atoms with Crippen LogP contribution in [0.25, 0.3) is 33.4 Å². The molecule has 240 valence electrons. The number of ether oxygens (including phenoxy) is 3. The zero-order valence-corrected chi connectivity index (χ0v) is 28.4. The van der Waals surface area contributed by atoms with E-state index < -0.39 is 13.7 Å². The molecule has 1 unspecified atom stereocenters. The van der Waals surface area contributed by atoms with Crippen LogP contribution in [0, 0.1) is 0 Å². The van der Waals surface area contributed by atoms with Crippen LogP contribution in [0.2, 0.25) is 25.7 Å². The van der Waals surface area contributed by atoms with Gasteiger partial charge >= 0.3 is 6.09 Å². The molecular weight excluding hydrogens is 588 g/mol. The zero-order valence-electron chi connectivity index (χ0n) is 27.4. The number of fused-ring (bicyclic) bond motifs is 3. The SMILES string of the molecule is Cn1cc(-c2ccc(-c3ccc(OC4C[C@H]5CC[C@@H](C4)N5C(=O)OC(C)(C)C)nn3)c3c2cnn3COCC[Si](C)(C)C)nn1.